The number of halogens is 1. The first-order valence-corrected chi connectivity index (χ1v) is 11.3. The molecule has 1 aliphatic rings. The van der Waals surface area contributed by atoms with Crippen molar-refractivity contribution in [3.05, 3.63) is 51.5 Å². The van der Waals surface area contributed by atoms with Crippen molar-refractivity contribution in [2.45, 2.75) is 45.6 Å². The third-order valence-corrected chi connectivity index (χ3v) is 6.62. The van der Waals surface area contributed by atoms with Gasteiger partial charge in [0.05, 0.1) is 6.42 Å². The largest absolute Gasteiger partial charge is 0.481 e. The molecule has 0 radical (unpaired) electrons. The zero-order valence-corrected chi connectivity index (χ0v) is 19.2. The molecule has 4 N–H and O–H groups in total. The quantitative estimate of drug-likeness (QED) is 0.232. The first-order chi connectivity index (χ1) is 15.5. The third kappa shape index (κ3) is 5.75. The van der Waals surface area contributed by atoms with Gasteiger partial charge in [-0.25, -0.2) is 9.18 Å². The average molecular weight is 476 g/mol. The third-order valence-electron chi connectivity index (χ3n) is 5.55. The van der Waals surface area contributed by atoms with Crippen molar-refractivity contribution in [2.75, 3.05) is 6.54 Å². The predicted molar refractivity (Wildman–Crippen MR) is 121 cm³/mol. The number of carbonyl (C=O) groups excluding carboxylic acids is 2. The fourth-order valence-corrected chi connectivity index (χ4v) is 5.01. The number of carboxylic acids is 1. The van der Waals surface area contributed by atoms with Crippen molar-refractivity contribution in [3.8, 4) is 5.75 Å². The van der Waals surface area contributed by atoms with E-state index in [4.69, 9.17) is 21.0 Å². The van der Waals surface area contributed by atoms with Crippen LogP contribution in [0.4, 0.5) is 4.39 Å². The lowest BCUT2D eigenvalue weighted by Crippen LogP contribution is -2.45. The predicted octanol–water partition coefficient (Wildman–Crippen LogP) is 3.42. The highest BCUT2D eigenvalue weighted by molar-refractivity contribution is 7.14. The molecule has 10 heteroatoms. The summed E-state index contributed by atoms with van der Waals surface area (Å²) in [6.45, 7) is 4.14. The number of amides is 1. The molecular formula is C23H26FN3O5S. The molecular weight excluding hydrogens is 449 g/mol. The molecule has 1 atom stereocenters. The summed E-state index contributed by atoms with van der Waals surface area (Å²) in [5, 5.41) is 16.4. The number of nitrogen functional groups attached to an aromatic ring is 1. The lowest BCUT2D eigenvalue weighted by molar-refractivity contribution is -0.144. The summed E-state index contributed by atoms with van der Waals surface area (Å²) in [5.41, 5.74) is 4.72. The molecule has 1 saturated heterocycles. The van der Waals surface area contributed by atoms with Crippen LogP contribution in [0.5, 0.6) is 5.75 Å². The number of aliphatic carboxylic acids is 1. The number of amidine groups is 1. The van der Waals surface area contributed by atoms with Crippen molar-refractivity contribution in [1.29, 1.82) is 5.41 Å². The number of benzene rings is 1. The number of rotatable bonds is 8. The molecule has 176 valence electrons. The van der Waals surface area contributed by atoms with Gasteiger partial charge in [0.25, 0.3) is 0 Å². The van der Waals surface area contributed by atoms with Gasteiger partial charge in [0.2, 0.25) is 5.91 Å². The number of nitrogens with two attached hydrogens (primary N) is 1. The lowest BCUT2D eigenvalue weighted by atomic mass is 9.86. The molecule has 1 amide bonds. The lowest BCUT2D eigenvalue weighted by Gasteiger charge is -2.32. The maximum atomic E-state index is 14.2. The van der Waals surface area contributed by atoms with Crippen LogP contribution in [0.1, 0.15) is 53.2 Å². The monoisotopic (exact) mass is 475 g/mol. The molecule has 33 heavy (non-hydrogen) atoms. The highest BCUT2D eigenvalue weighted by atomic mass is 32.1. The van der Waals surface area contributed by atoms with Crippen molar-refractivity contribution in [2.24, 2.45) is 11.1 Å². The van der Waals surface area contributed by atoms with E-state index in [0.29, 0.717) is 19.4 Å². The van der Waals surface area contributed by atoms with Gasteiger partial charge < -0.3 is 20.5 Å². The van der Waals surface area contributed by atoms with E-state index in [9.17, 15) is 18.8 Å². The van der Waals surface area contributed by atoms with Crippen LogP contribution in [0, 0.1) is 16.6 Å². The highest BCUT2D eigenvalue weighted by Gasteiger charge is 2.38. The van der Waals surface area contributed by atoms with Gasteiger partial charge in [0.1, 0.15) is 10.7 Å². The Labute approximate surface area is 194 Å². The Kier molecular flexibility index (Phi) is 7.16. The SMILES string of the molecule is CC(C)(Cc1ccc(C(=O)Oc2ccc(C(=N)N)cc2F)s1)C(=O)N1CCCC1CC(=O)O. The van der Waals surface area contributed by atoms with Crippen LogP contribution in [0.3, 0.4) is 0 Å². The van der Waals surface area contributed by atoms with Crippen LogP contribution in [-0.2, 0) is 16.0 Å². The Hall–Kier alpha value is -3.27. The Morgan fingerprint density at radius 2 is 2.03 bits per heavy atom. The molecule has 1 aliphatic heterocycles. The van der Waals surface area contributed by atoms with Gasteiger partial charge in [-0.2, -0.15) is 0 Å². The second-order valence-corrected chi connectivity index (χ2v) is 9.84. The van der Waals surface area contributed by atoms with E-state index in [1.807, 2.05) is 0 Å². The summed E-state index contributed by atoms with van der Waals surface area (Å²) < 4.78 is 19.3. The fourth-order valence-electron chi connectivity index (χ4n) is 3.90. The molecule has 3 rings (SSSR count). The smallest absolute Gasteiger partial charge is 0.353 e. The molecule has 1 aromatic carbocycles. The van der Waals surface area contributed by atoms with Gasteiger partial charge in [-0.1, -0.05) is 13.8 Å². The first-order valence-electron chi connectivity index (χ1n) is 10.5. The van der Waals surface area contributed by atoms with Crippen molar-refractivity contribution >= 4 is 35.0 Å². The number of carbonyl (C=O) groups is 3. The van der Waals surface area contributed by atoms with E-state index < -0.39 is 23.2 Å². The minimum atomic E-state index is -0.925. The van der Waals surface area contributed by atoms with E-state index >= 15 is 0 Å². The van der Waals surface area contributed by atoms with Crippen LogP contribution >= 0.6 is 11.3 Å². The van der Waals surface area contributed by atoms with Gasteiger partial charge in [-0.3, -0.25) is 15.0 Å². The van der Waals surface area contributed by atoms with E-state index in [2.05, 4.69) is 0 Å². The Morgan fingerprint density at radius 1 is 1.30 bits per heavy atom. The number of nitrogens with zero attached hydrogens (tertiary/aromatic N) is 1. The maximum absolute atomic E-state index is 14.2. The van der Waals surface area contributed by atoms with Crippen molar-refractivity contribution in [1.82, 2.24) is 4.90 Å². The van der Waals surface area contributed by atoms with E-state index in [1.165, 1.54) is 12.1 Å². The van der Waals surface area contributed by atoms with Gasteiger partial charge in [-0.15, -0.1) is 11.3 Å². The molecule has 1 unspecified atom stereocenters. The van der Waals surface area contributed by atoms with Crippen LogP contribution < -0.4 is 10.5 Å². The molecule has 0 aliphatic carbocycles. The Morgan fingerprint density at radius 3 is 2.67 bits per heavy atom. The Bertz CT molecular complexity index is 1100. The number of thiophene rings is 1. The number of hydrogen-bond acceptors (Lipinski definition) is 6. The topological polar surface area (TPSA) is 134 Å². The van der Waals surface area contributed by atoms with Gasteiger partial charge in [0.15, 0.2) is 11.6 Å². The summed E-state index contributed by atoms with van der Waals surface area (Å²) in [6, 6.07) is 6.64. The number of esters is 1. The number of likely N-dealkylation sites (tertiary alicyclic amines) is 1. The average Bonchev–Trinajstić information content (AvgIpc) is 3.37. The number of nitrogens with one attached hydrogen (secondary N) is 1. The molecule has 8 nitrogen and oxygen atoms in total. The van der Waals surface area contributed by atoms with Crippen LogP contribution in [0.15, 0.2) is 30.3 Å². The summed E-state index contributed by atoms with van der Waals surface area (Å²) >= 11 is 1.16. The zero-order chi connectivity index (χ0) is 24.3. The summed E-state index contributed by atoms with van der Waals surface area (Å²) in [5.74, 6) is -3.14. The molecule has 0 spiro atoms. The first kappa shape index (κ1) is 24.4. The molecule has 1 aromatic heterocycles. The van der Waals surface area contributed by atoms with Gasteiger partial charge in [-0.05, 0) is 49.6 Å². The number of carboxylic acid groups (broad SMARTS) is 1. The number of hydrogen-bond donors (Lipinski definition) is 3. The molecule has 2 aromatic rings. The molecule has 1 fully saturated rings. The van der Waals surface area contributed by atoms with E-state index in [1.54, 1.807) is 30.9 Å². The van der Waals surface area contributed by atoms with Crippen molar-refractivity contribution < 1.29 is 28.6 Å². The summed E-state index contributed by atoms with van der Waals surface area (Å²) in [4.78, 5) is 39.4. The minimum absolute atomic E-state index is 0.0687. The van der Waals surface area contributed by atoms with Crippen LogP contribution in [0.2, 0.25) is 0 Å². The maximum Gasteiger partial charge on any atom is 0.353 e. The highest BCUT2D eigenvalue weighted by Crippen LogP contribution is 2.32. The van der Waals surface area contributed by atoms with Crippen LogP contribution in [-0.4, -0.2) is 46.3 Å². The minimum Gasteiger partial charge on any atom is -0.481 e. The molecule has 0 saturated carbocycles. The fraction of sp³-hybridized carbons (Fsp3) is 0.391. The second kappa shape index (κ2) is 9.70. The number of ether oxygens (including phenoxy) is 1. The molecule has 0 bridgehead atoms. The van der Waals surface area contributed by atoms with E-state index in [-0.39, 0.29) is 40.4 Å². The van der Waals surface area contributed by atoms with Crippen molar-refractivity contribution in [3.63, 3.8) is 0 Å². The zero-order valence-electron chi connectivity index (χ0n) is 18.4. The van der Waals surface area contributed by atoms with E-state index in [0.717, 1.165) is 28.7 Å². The van der Waals surface area contributed by atoms with Gasteiger partial charge >= 0.3 is 11.9 Å². The Balaban J connectivity index is 1.67. The van der Waals surface area contributed by atoms with Gasteiger partial charge in [0, 0.05) is 28.4 Å². The van der Waals surface area contributed by atoms with Crippen LogP contribution in [0.25, 0.3) is 0 Å². The second-order valence-electron chi connectivity index (χ2n) is 8.67. The standard InChI is InChI=1S/C23H26FN3O5S/c1-23(2,22(31)27-9-3-4-14(27)11-19(28)29)12-15-6-8-18(33-15)21(30)32-17-7-5-13(20(25)26)10-16(17)24/h5-8,10,14H,3-4,9,11-12H2,1-2H3,(H3,25,26)(H,28,29). The molecule has 2 heterocycles. The summed E-state index contributed by atoms with van der Waals surface area (Å²) in [7, 11) is 0. The summed E-state index contributed by atoms with van der Waals surface area (Å²) in [6.07, 6.45) is 1.74. The normalized spacial score (nSPS) is 16.0.